The number of aromatic amines is 1. The molecule has 1 aliphatic rings. The van der Waals surface area contributed by atoms with Crippen LogP contribution in [0.4, 0.5) is 0 Å². The van der Waals surface area contributed by atoms with Gasteiger partial charge >= 0.3 is 0 Å². The molecule has 162 valence electrons. The van der Waals surface area contributed by atoms with Crippen LogP contribution >= 0.6 is 0 Å². The average molecular weight is 428 g/mol. The van der Waals surface area contributed by atoms with Gasteiger partial charge in [0.05, 0.1) is 13.2 Å². The molecule has 0 atom stereocenters. The third kappa shape index (κ3) is 4.48. The maximum Gasteiger partial charge on any atom is 0.234 e. The van der Waals surface area contributed by atoms with Crippen molar-refractivity contribution in [2.45, 2.75) is 13.0 Å². The summed E-state index contributed by atoms with van der Waals surface area (Å²) in [7, 11) is 0. The van der Waals surface area contributed by atoms with Crippen LogP contribution in [0, 0.1) is 0 Å². The lowest BCUT2D eigenvalue weighted by molar-refractivity contribution is -0.124. The van der Waals surface area contributed by atoms with E-state index in [1.807, 2.05) is 18.2 Å². The van der Waals surface area contributed by atoms with E-state index >= 15 is 0 Å². The molecule has 2 aromatic carbocycles. The molecule has 0 saturated carbocycles. The number of hydrogen-bond donors (Lipinski definition) is 2. The second-order valence-electron chi connectivity index (χ2n) is 7.97. The summed E-state index contributed by atoms with van der Waals surface area (Å²) >= 11 is 0. The van der Waals surface area contributed by atoms with Gasteiger partial charge in [0, 0.05) is 66.7 Å². The maximum absolute atomic E-state index is 11.8. The molecular formula is C25H25N5O2. The highest BCUT2D eigenvalue weighted by Crippen LogP contribution is 2.28. The summed E-state index contributed by atoms with van der Waals surface area (Å²) in [6.07, 6.45) is 8.00. The Hall–Kier alpha value is -3.71. The number of carbonyl (C=O) groups excluding carboxylic acids is 1. The van der Waals surface area contributed by atoms with Crippen molar-refractivity contribution in [1.82, 2.24) is 25.2 Å². The third-order valence-electron chi connectivity index (χ3n) is 5.77. The predicted molar refractivity (Wildman–Crippen MR) is 123 cm³/mol. The number of piperazine rings is 1. The smallest absolute Gasteiger partial charge is 0.234 e. The van der Waals surface area contributed by atoms with Crippen LogP contribution in [-0.4, -0.2) is 52.0 Å². The summed E-state index contributed by atoms with van der Waals surface area (Å²) in [6.45, 7) is 3.11. The highest BCUT2D eigenvalue weighted by molar-refractivity contribution is 5.83. The Kier molecular flexibility index (Phi) is 5.81. The Morgan fingerprint density at radius 2 is 1.91 bits per heavy atom. The van der Waals surface area contributed by atoms with Gasteiger partial charge in [0.1, 0.15) is 12.1 Å². The molecule has 0 spiro atoms. The zero-order valence-corrected chi connectivity index (χ0v) is 17.8. The molecule has 4 aromatic rings. The van der Waals surface area contributed by atoms with E-state index in [9.17, 15) is 4.79 Å². The van der Waals surface area contributed by atoms with E-state index in [-0.39, 0.29) is 5.91 Å². The molecule has 0 bridgehead atoms. The Labute approximate surface area is 186 Å². The number of rotatable bonds is 7. The van der Waals surface area contributed by atoms with Crippen LogP contribution in [0.2, 0.25) is 0 Å². The molecule has 1 saturated heterocycles. The average Bonchev–Trinajstić information content (AvgIpc) is 3.24. The van der Waals surface area contributed by atoms with E-state index in [2.05, 4.69) is 55.6 Å². The van der Waals surface area contributed by atoms with Gasteiger partial charge in [0.2, 0.25) is 5.91 Å². The van der Waals surface area contributed by atoms with Crippen LogP contribution in [0.15, 0.2) is 67.4 Å². The first-order chi connectivity index (χ1) is 15.8. The highest BCUT2D eigenvalue weighted by Gasteiger charge is 2.18. The van der Waals surface area contributed by atoms with Crippen LogP contribution in [0.5, 0.6) is 5.75 Å². The number of carbonyl (C=O) groups is 1. The first-order valence-electron chi connectivity index (χ1n) is 10.8. The van der Waals surface area contributed by atoms with Crippen molar-refractivity contribution in [3.8, 4) is 16.9 Å². The number of amides is 1. The zero-order valence-electron chi connectivity index (χ0n) is 17.8. The fraction of sp³-hybridized carbons (Fsp3) is 0.240. The summed E-state index contributed by atoms with van der Waals surface area (Å²) in [5.41, 5.74) is 5.43. The fourth-order valence-corrected chi connectivity index (χ4v) is 4.15. The second kappa shape index (κ2) is 9.20. The molecule has 1 amide bonds. The fourth-order valence-electron chi connectivity index (χ4n) is 4.15. The number of ether oxygens (including phenoxy) is 1. The lowest BCUT2D eigenvalue weighted by atomic mass is 10.0. The zero-order chi connectivity index (χ0) is 21.8. The van der Waals surface area contributed by atoms with Crippen LogP contribution < -0.4 is 10.1 Å². The van der Waals surface area contributed by atoms with Gasteiger partial charge < -0.3 is 15.0 Å². The number of aromatic nitrogens is 3. The number of nitrogens with zero attached hydrogens (tertiary/aromatic N) is 3. The topological polar surface area (TPSA) is 83.1 Å². The van der Waals surface area contributed by atoms with Crippen molar-refractivity contribution in [2.24, 2.45) is 0 Å². The van der Waals surface area contributed by atoms with E-state index in [4.69, 9.17) is 4.74 Å². The SMILES string of the molecule is O=C1CN(Cc2cc(-c3cncnc3)ccc2OCCc2c[nH]c3ccccc23)CCN1. The van der Waals surface area contributed by atoms with Crippen LogP contribution in [0.3, 0.4) is 0 Å². The second-order valence-corrected chi connectivity index (χ2v) is 7.97. The number of para-hydroxylation sites is 1. The summed E-state index contributed by atoms with van der Waals surface area (Å²) in [4.78, 5) is 25.6. The molecule has 1 fully saturated rings. The minimum atomic E-state index is 0.0608. The number of fused-ring (bicyclic) bond motifs is 1. The van der Waals surface area contributed by atoms with Crippen molar-refractivity contribution in [3.63, 3.8) is 0 Å². The van der Waals surface area contributed by atoms with Gasteiger partial charge in [-0.25, -0.2) is 9.97 Å². The molecule has 3 heterocycles. The summed E-state index contributed by atoms with van der Waals surface area (Å²) in [5, 5.41) is 4.11. The first kappa shape index (κ1) is 20.2. The lowest BCUT2D eigenvalue weighted by Gasteiger charge is -2.27. The summed E-state index contributed by atoms with van der Waals surface area (Å²) in [5.74, 6) is 0.905. The van der Waals surface area contributed by atoms with E-state index in [0.29, 0.717) is 26.2 Å². The van der Waals surface area contributed by atoms with Crippen molar-refractivity contribution in [1.29, 1.82) is 0 Å². The molecule has 1 aliphatic heterocycles. The lowest BCUT2D eigenvalue weighted by Crippen LogP contribution is -2.47. The van der Waals surface area contributed by atoms with Gasteiger partial charge in [-0.2, -0.15) is 0 Å². The van der Waals surface area contributed by atoms with E-state index in [1.165, 1.54) is 17.3 Å². The third-order valence-corrected chi connectivity index (χ3v) is 5.77. The molecule has 5 rings (SSSR count). The predicted octanol–water partition coefficient (Wildman–Crippen LogP) is 3.18. The molecular weight excluding hydrogens is 402 g/mol. The Bertz CT molecular complexity index is 1220. The van der Waals surface area contributed by atoms with Crippen LogP contribution in [0.1, 0.15) is 11.1 Å². The molecule has 0 unspecified atom stereocenters. The number of nitrogens with one attached hydrogen (secondary N) is 2. The number of H-pyrrole nitrogens is 1. The summed E-state index contributed by atoms with van der Waals surface area (Å²) in [6, 6.07) is 14.5. The summed E-state index contributed by atoms with van der Waals surface area (Å²) < 4.78 is 6.25. The van der Waals surface area contributed by atoms with Gasteiger partial charge in [-0.05, 0) is 29.3 Å². The Morgan fingerprint density at radius 1 is 1.03 bits per heavy atom. The van der Waals surface area contributed by atoms with E-state index < -0.39 is 0 Å². The van der Waals surface area contributed by atoms with E-state index in [0.717, 1.165) is 40.9 Å². The molecule has 2 aromatic heterocycles. The van der Waals surface area contributed by atoms with Gasteiger partial charge in [0.15, 0.2) is 0 Å². The minimum Gasteiger partial charge on any atom is -0.493 e. The van der Waals surface area contributed by atoms with Crippen molar-refractivity contribution in [2.75, 3.05) is 26.2 Å². The standard InChI is InChI=1S/C25H25N5O2/c31-25-16-30(9-8-28-25)15-20-11-18(21-12-26-17-27-13-21)5-6-24(20)32-10-7-19-14-29-23-4-2-1-3-22(19)23/h1-6,11-14,17,29H,7-10,15-16H2,(H,28,31). The molecule has 7 heteroatoms. The Balaban J connectivity index is 1.35. The van der Waals surface area contributed by atoms with Gasteiger partial charge in [-0.3, -0.25) is 9.69 Å². The largest absolute Gasteiger partial charge is 0.493 e. The van der Waals surface area contributed by atoms with Crippen molar-refractivity contribution >= 4 is 16.8 Å². The van der Waals surface area contributed by atoms with Crippen LogP contribution in [0.25, 0.3) is 22.0 Å². The highest BCUT2D eigenvalue weighted by atomic mass is 16.5. The molecule has 0 radical (unpaired) electrons. The monoisotopic (exact) mass is 427 g/mol. The minimum absolute atomic E-state index is 0.0608. The normalized spacial score (nSPS) is 14.4. The van der Waals surface area contributed by atoms with Crippen LogP contribution in [-0.2, 0) is 17.8 Å². The maximum atomic E-state index is 11.8. The molecule has 32 heavy (non-hydrogen) atoms. The number of benzene rings is 2. The van der Waals surface area contributed by atoms with Gasteiger partial charge in [0.25, 0.3) is 0 Å². The van der Waals surface area contributed by atoms with Crippen molar-refractivity contribution < 1.29 is 9.53 Å². The molecule has 0 aliphatic carbocycles. The van der Waals surface area contributed by atoms with E-state index in [1.54, 1.807) is 12.4 Å². The van der Waals surface area contributed by atoms with Gasteiger partial charge in [-0.15, -0.1) is 0 Å². The Morgan fingerprint density at radius 3 is 2.78 bits per heavy atom. The molecule has 7 nitrogen and oxygen atoms in total. The first-order valence-corrected chi connectivity index (χ1v) is 10.8. The van der Waals surface area contributed by atoms with Crippen molar-refractivity contribution in [3.05, 3.63) is 78.5 Å². The molecule has 2 N–H and O–H groups in total. The van der Waals surface area contributed by atoms with Gasteiger partial charge in [-0.1, -0.05) is 24.3 Å². The number of hydrogen-bond acceptors (Lipinski definition) is 5. The quantitative estimate of drug-likeness (QED) is 0.473.